The van der Waals surface area contributed by atoms with Gasteiger partial charge in [-0.15, -0.1) is 0 Å². The van der Waals surface area contributed by atoms with Gasteiger partial charge in [-0.25, -0.2) is 4.79 Å². The third kappa shape index (κ3) is 4.03. The molecule has 1 aromatic rings. The fraction of sp³-hybridized carbons (Fsp3) is 0.611. The SMILES string of the molecule is C[C@H](CCN1CCN(C)CC1)NC(=O)N1CCc2ccccc21. The number of fused-ring (bicyclic) bond motifs is 1. The number of rotatable bonds is 4. The van der Waals surface area contributed by atoms with Gasteiger partial charge in [-0.2, -0.15) is 0 Å². The molecule has 2 heterocycles. The lowest BCUT2D eigenvalue weighted by molar-refractivity contribution is 0.149. The van der Waals surface area contributed by atoms with E-state index in [1.807, 2.05) is 23.1 Å². The van der Waals surface area contributed by atoms with Crippen molar-refractivity contribution in [1.82, 2.24) is 15.1 Å². The maximum Gasteiger partial charge on any atom is 0.322 e. The average molecular weight is 316 g/mol. The minimum atomic E-state index is 0.0424. The second-order valence-electron chi connectivity index (χ2n) is 6.81. The molecule has 0 saturated carbocycles. The third-order valence-electron chi connectivity index (χ3n) is 4.98. The van der Waals surface area contributed by atoms with Crippen LogP contribution in [0.15, 0.2) is 24.3 Å². The number of carbonyl (C=O) groups excluding carboxylic acids is 1. The summed E-state index contributed by atoms with van der Waals surface area (Å²) in [6.07, 6.45) is 1.96. The number of para-hydroxylation sites is 1. The molecular weight excluding hydrogens is 288 g/mol. The number of anilines is 1. The summed E-state index contributed by atoms with van der Waals surface area (Å²) < 4.78 is 0. The lowest BCUT2D eigenvalue weighted by atomic mass is 10.2. The summed E-state index contributed by atoms with van der Waals surface area (Å²) >= 11 is 0. The zero-order valence-corrected chi connectivity index (χ0v) is 14.3. The molecule has 0 spiro atoms. The van der Waals surface area contributed by atoms with Crippen LogP contribution in [0.2, 0.25) is 0 Å². The highest BCUT2D eigenvalue weighted by Crippen LogP contribution is 2.27. The number of hydrogen-bond donors (Lipinski definition) is 1. The van der Waals surface area contributed by atoms with Crippen molar-refractivity contribution < 1.29 is 4.79 Å². The smallest absolute Gasteiger partial charge is 0.322 e. The summed E-state index contributed by atoms with van der Waals surface area (Å²) in [4.78, 5) is 19.2. The van der Waals surface area contributed by atoms with Crippen molar-refractivity contribution in [3.05, 3.63) is 29.8 Å². The molecule has 2 aliphatic rings. The van der Waals surface area contributed by atoms with E-state index in [0.29, 0.717) is 0 Å². The molecular formula is C18H28N4O. The standard InChI is InChI=1S/C18H28N4O/c1-15(7-9-21-13-11-20(2)12-14-21)19-18(23)22-10-8-16-5-3-4-6-17(16)22/h3-6,15H,7-14H2,1-2H3,(H,19,23)/t15-/m1/s1. The highest BCUT2D eigenvalue weighted by atomic mass is 16.2. The van der Waals surface area contributed by atoms with Crippen molar-refractivity contribution in [2.45, 2.75) is 25.8 Å². The summed E-state index contributed by atoms with van der Waals surface area (Å²) in [5.74, 6) is 0. The molecule has 3 rings (SSSR count). The van der Waals surface area contributed by atoms with Crippen LogP contribution in [-0.4, -0.2) is 68.2 Å². The Kier molecular flexibility index (Phi) is 5.18. The fourth-order valence-corrected chi connectivity index (χ4v) is 3.36. The number of hydrogen-bond acceptors (Lipinski definition) is 3. The van der Waals surface area contributed by atoms with Gasteiger partial charge in [-0.05, 0) is 38.4 Å². The maximum atomic E-state index is 12.5. The Labute approximate surface area is 139 Å². The maximum absolute atomic E-state index is 12.5. The Hall–Kier alpha value is -1.59. The quantitative estimate of drug-likeness (QED) is 0.920. The summed E-state index contributed by atoms with van der Waals surface area (Å²) in [5.41, 5.74) is 2.34. The molecule has 5 nitrogen and oxygen atoms in total. The van der Waals surface area contributed by atoms with E-state index in [2.05, 4.69) is 35.2 Å². The van der Waals surface area contributed by atoms with Crippen molar-refractivity contribution in [2.75, 3.05) is 51.2 Å². The number of urea groups is 1. The molecule has 0 bridgehead atoms. The molecule has 2 aliphatic heterocycles. The zero-order chi connectivity index (χ0) is 16.2. The summed E-state index contributed by atoms with van der Waals surface area (Å²) in [6, 6.07) is 8.44. The first-order valence-electron chi connectivity index (χ1n) is 8.70. The molecule has 23 heavy (non-hydrogen) atoms. The monoisotopic (exact) mass is 316 g/mol. The van der Waals surface area contributed by atoms with Crippen molar-refractivity contribution in [3.63, 3.8) is 0 Å². The van der Waals surface area contributed by atoms with Gasteiger partial charge < -0.3 is 15.1 Å². The van der Waals surface area contributed by atoms with Crippen LogP contribution in [0.1, 0.15) is 18.9 Å². The highest BCUT2D eigenvalue weighted by molar-refractivity contribution is 5.94. The summed E-state index contributed by atoms with van der Waals surface area (Å²) in [7, 11) is 2.17. The van der Waals surface area contributed by atoms with Crippen LogP contribution in [0, 0.1) is 0 Å². The normalized spacial score (nSPS) is 20.3. The van der Waals surface area contributed by atoms with Gasteiger partial charge in [0.2, 0.25) is 0 Å². The van der Waals surface area contributed by atoms with E-state index in [4.69, 9.17) is 0 Å². The number of amides is 2. The van der Waals surface area contributed by atoms with Crippen LogP contribution in [-0.2, 0) is 6.42 Å². The first-order valence-corrected chi connectivity index (χ1v) is 8.70. The molecule has 0 aromatic heterocycles. The van der Waals surface area contributed by atoms with Gasteiger partial charge in [-0.1, -0.05) is 18.2 Å². The molecule has 5 heteroatoms. The second kappa shape index (κ2) is 7.32. The van der Waals surface area contributed by atoms with E-state index in [1.54, 1.807) is 0 Å². The van der Waals surface area contributed by atoms with Gasteiger partial charge in [0.25, 0.3) is 0 Å². The molecule has 0 radical (unpaired) electrons. The number of likely N-dealkylation sites (N-methyl/N-ethyl adjacent to an activating group) is 1. The Morgan fingerprint density at radius 3 is 2.70 bits per heavy atom. The largest absolute Gasteiger partial charge is 0.335 e. The van der Waals surface area contributed by atoms with Gasteiger partial charge >= 0.3 is 6.03 Å². The number of nitrogens with zero attached hydrogens (tertiary/aromatic N) is 3. The second-order valence-corrected chi connectivity index (χ2v) is 6.81. The van der Waals surface area contributed by atoms with Crippen molar-refractivity contribution in [3.8, 4) is 0 Å². The lowest BCUT2D eigenvalue weighted by Crippen LogP contribution is -2.47. The van der Waals surface area contributed by atoms with E-state index < -0.39 is 0 Å². The summed E-state index contributed by atoms with van der Waals surface area (Å²) in [6.45, 7) is 8.52. The highest BCUT2D eigenvalue weighted by Gasteiger charge is 2.25. The third-order valence-corrected chi connectivity index (χ3v) is 4.98. The molecule has 2 amide bonds. The van der Waals surface area contributed by atoms with Gasteiger partial charge in [0.1, 0.15) is 0 Å². The van der Waals surface area contributed by atoms with Crippen LogP contribution in [0.3, 0.4) is 0 Å². The van der Waals surface area contributed by atoms with Crippen molar-refractivity contribution >= 4 is 11.7 Å². The zero-order valence-electron chi connectivity index (χ0n) is 14.3. The molecule has 0 aliphatic carbocycles. The van der Waals surface area contributed by atoms with Crippen LogP contribution >= 0.6 is 0 Å². The van der Waals surface area contributed by atoms with Crippen LogP contribution in [0.4, 0.5) is 10.5 Å². The van der Waals surface area contributed by atoms with Crippen molar-refractivity contribution in [1.29, 1.82) is 0 Å². The molecule has 126 valence electrons. The lowest BCUT2D eigenvalue weighted by Gasteiger charge is -2.33. The minimum Gasteiger partial charge on any atom is -0.335 e. The number of benzene rings is 1. The molecule has 1 N–H and O–H groups in total. The number of piperazine rings is 1. The summed E-state index contributed by atoms with van der Waals surface area (Å²) in [5, 5.41) is 3.16. The van der Waals surface area contributed by atoms with Crippen LogP contribution < -0.4 is 10.2 Å². The molecule has 1 saturated heterocycles. The average Bonchev–Trinajstić information content (AvgIpc) is 2.98. The molecule has 1 fully saturated rings. The Morgan fingerprint density at radius 2 is 1.91 bits per heavy atom. The first kappa shape index (κ1) is 16.3. The first-order chi connectivity index (χ1) is 11.1. The van der Waals surface area contributed by atoms with Gasteiger partial charge in [0, 0.05) is 51.0 Å². The van der Waals surface area contributed by atoms with Gasteiger partial charge in [0.05, 0.1) is 0 Å². The van der Waals surface area contributed by atoms with E-state index in [9.17, 15) is 4.79 Å². The van der Waals surface area contributed by atoms with Crippen LogP contribution in [0.5, 0.6) is 0 Å². The minimum absolute atomic E-state index is 0.0424. The Morgan fingerprint density at radius 1 is 1.17 bits per heavy atom. The fourth-order valence-electron chi connectivity index (χ4n) is 3.36. The molecule has 1 atom stereocenters. The number of carbonyl (C=O) groups is 1. The van der Waals surface area contributed by atoms with E-state index in [1.165, 1.54) is 5.56 Å². The topological polar surface area (TPSA) is 38.8 Å². The van der Waals surface area contributed by atoms with Gasteiger partial charge in [0.15, 0.2) is 0 Å². The van der Waals surface area contributed by atoms with E-state index in [0.717, 1.165) is 57.8 Å². The Bertz CT molecular complexity index is 540. The van der Waals surface area contributed by atoms with E-state index >= 15 is 0 Å². The molecule has 0 unspecified atom stereocenters. The predicted octanol–water partition coefficient (Wildman–Crippen LogP) is 1.78. The van der Waals surface area contributed by atoms with E-state index in [-0.39, 0.29) is 12.1 Å². The van der Waals surface area contributed by atoms with Crippen molar-refractivity contribution in [2.24, 2.45) is 0 Å². The molecule has 1 aromatic carbocycles. The van der Waals surface area contributed by atoms with Crippen LogP contribution in [0.25, 0.3) is 0 Å². The van der Waals surface area contributed by atoms with Gasteiger partial charge in [-0.3, -0.25) is 4.90 Å². The number of nitrogens with one attached hydrogen (secondary N) is 1. The Balaban J connectivity index is 1.45. The predicted molar refractivity (Wildman–Crippen MR) is 94.0 cm³/mol.